The first-order valence-electron chi connectivity index (χ1n) is 7.72. The third kappa shape index (κ3) is 3.30. The normalized spacial score (nSPS) is 11.6. The van der Waals surface area contributed by atoms with Gasteiger partial charge in [-0.15, -0.1) is 0 Å². The lowest BCUT2D eigenvalue weighted by Crippen LogP contribution is -2.07. The first kappa shape index (κ1) is 18.6. The minimum atomic E-state index is -4.55. The molecule has 0 unspecified atom stereocenters. The van der Waals surface area contributed by atoms with Crippen LogP contribution in [0.25, 0.3) is 22.2 Å². The van der Waals surface area contributed by atoms with E-state index in [2.05, 4.69) is 4.98 Å². The molecule has 1 heterocycles. The number of carboxylic acids is 1. The number of aromatic nitrogens is 1. The molecule has 0 saturated heterocycles. The largest absolute Gasteiger partial charge is 0.494 e. The number of pyridine rings is 1. The average Bonchev–Trinajstić information content (AvgIpc) is 2.60. The summed E-state index contributed by atoms with van der Waals surface area (Å²) in [6.45, 7) is 1.42. The number of aromatic carboxylic acids is 1. The molecular formula is C19H13F4NO3. The molecule has 140 valence electrons. The fraction of sp³-hybridized carbons (Fsp3) is 0.158. The van der Waals surface area contributed by atoms with Crippen LogP contribution < -0.4 is 4.74 Å². The van der Waals surface area contributed by atoms with E-state index in [-0.39, 0.29) is 39.0 Å². The highest BCUT2D eigenvalue weighted by Crippen LogP contribution is 2.35. The van der Waals surface area contributed by atoms with E-state index in [1.54, 1.807) is 0 Å². The summed E-state index contributed by atoms with van der Waals surface area (Å²) >= 11 is 0. The Labute approximate surface area is 151 Å². The van der Waals surface area contributed by atoms with Crippen LogP contribution in [0.2, 0.25) is 0 Å². The minimum Gasteiger partial charge on any atom is -0.494 e. The molecule has 4 nitrogen and oxygen atoms in total. The van der Waals surface area contributed by atoms with Gasteiger partial charge in [0.1, 0.15) is 0 Å². The van der Waals surface area contributed by atoms with Gasteiger partial charge in [-0.05, 0) is 30.7 Å². The summed E-state index contributed by atoms with van der Waals surface area (Å²) < 4.78 is 58.0. The van der Waals surface area contributed by atoms with Crippen molar-refractivity contribution in [1.82, 2.24) is 4.98 Å². The van der Waals surface area contributed by atoms with Crippen molar-refractivity contribution in [2.45, 2.75) is 13.1 Å². The summed E-state index contributed by atoms with van der Waals surface area (Å²) in [5.41, 5.74) is -0.693. The number of nitrogens with zero attached hydrogens (tertiary/aromatic N) is 1. The highest BCUT2D eigenvalue weighted by molar-refractivity contribution is 6.06. The molecule has 27 heavy (non-hydrogen) atoms. The van der Waals surface area contributed by atoms with E-state index in [0.717, 1.165) is 18.2 Å². The molecule has 0 atom stereocenters. The SMILES string of the molecule is COc1cc2nc(-c3cccc(C(F)(F)F)c3)c(C)c(C(=O)O)c2cc1F. The molecule has 0 aliphatic rings. The average molecular weight is 379 g/mol. The fourth-order valence-corrected chi connectivity index (χ4v) is 2.92. The maximum absolute atomic E-state index is 14.0. The molecule has 3 aromatic rings. The van der Waals surface area contributed by atoms with Crippen molar-refractivity contribution in [3.05, 3.63) is 58.9 Å². The molecule has 0 saturated carbocycles. The van der Waals surface area contributed by atoms with Crippen LogP contribution in [-0.4, -0.2) is 23.2 Å². The van der Waals surface area contributed by atoms with Crippen LogP contribution in [0.3, 0.4) is 0 Å². The summed E-state index contributed by atoms with van der Waals surface area (Å²) in [7, 11) is 1.24. The molecule has 8 heteroatoms. The number of carbonyl (C=O) groups is 1. The van der Waals surface area contributed by atoms with Crippen LogP contribution in [0.4, 0.5) is 17.6 Å². The third-order valence-corrected chi connectivity index (χ3v) is 4.18. The topological polar surface area (TPSA) is 59.4 Å². The molecule has 0 bridgehead atoms. The van der Waals surface area contributed by atoms with Gasteiger partial charge in [0.15, 0.2) is 11.6 Å². The number of rotatable bonds is 3. The molecule has 0 amide bonds. The number of ether oxygens (including phenoxy) is 1. The van der Waals surface area contributed by atoms with Gasteiger partial charge in [0.2, 0.25) is 0 Å². The van der Waals surface area contributed by atoms with E-state index >= 15 is 0 Å². The zero-order chi connectivity index (χ0) is 19.9. The maximum atomic E-state index is 14.0. The van der Waals surface area contributed by atoms with Crippen LogP contribution in [0.15, 0.2) is 36.4 Å². The van der Waals surface area contributed by atoms with Crippen molar-refractivity contribution in [2.24, 2.45) is 0 Å². The first-order chi connectivity index (χ1) is 12.6. The van der Waals surface area contributed by atoms with Crippen molar-refractivity contribution in [3.63, 3.8) is 0 Å². The summed E-state index contributed by atoms with van der Waals surface area (Å²) in [4.78, 5) is 16.0. The maximum Gasteiger partial charge on any atom is 0.416 e. The molecule has 2 aromatic carbocycles. The molecule has 0 radical (unpaired) electrons. The molecule has 0 fully saturated rings. The zero-order valence-corrected chi connectivity index (χ0v) is 14.2. The van der Waals surface area contributed by atoms with Crippen molar-refractivity contribution in [3.8, 4) is 17.0 Å². The van der Waals surface area contributed by atoms with E-state index < -0.39 is 23.5 Å². The molecule has 0 spiro atoms. The van der Waals surface area contributed by atoms with Gasteiger partial charge in [0.25, 0.3) is 0 Å². The van der Waals surface area contributed by atoms with E-state index in [1.165, 1.54) is 32.2 Å². The number of halogens is 4. The lowest BCUT2D eigenvalue weighted by molar-refractivity contribution is -0.137. The summed E-state index contributed by atoms with van der Waals surface area (Å²) in [6, 6.07) is 6.64. The second-order valence-electron chi connectivity index (χ2n) is 5.85. The second-order valence-corrected chi connectivity index (χ2v) is 5.85. The minimum absolute atomic E-state index is 0.0361. The lowest BCUT2D eigenvalue weighted by Gasteiger charge is -2.14. The Morgan fingerprint density at radius 3 is 2.48 bits per heavy atom. The van der Waals surface area contributed by atoms with Crippen molar-refractivity contribution < 1.29 is 32.2 Å². The Kier molecular flexibility index (Phi) is 4.51. The van der Waals surface area contributed by atoms with Crippen LogP contribution in [0, 0.1) is 12.7 Å². The van der Waals surface area contributed by atoms with E-state index in [9.17, 15) is 27.5 Å². The number of hydrogen-bond donors (Lipinski definition) is 1. The molecular weight excluding hydrogens is 366 g/mol. The number of alkyl halides is 3. The number of methoxy groups -OCH3 is 1. The molecule has 3 rings (SSSR count). The van der Waals surface area contributed by atoms with Gasteiger partial charge in [-0.1, -0.05) is 12.1 Å². The van der Waals surface area contributed by atoms with Gasteiger partial charge >= 0.3 is 12.1 Å². The number of carboxylic acid groups (broad SMARTS) is 1. The molecule has 0 aliphatic carbocycles. The zero-order valence-electron chi connectivity index (χ0n) is 14.2. The van der Waals surface area contributed by atoms with Gasteiger partial charge in [0, 0.05) is 17.0 Å². The Morgan fingerprint density at radius 2 is 1.89 bits per heavy atom. The van der Waals surface area contributed by atoms with Crippen molar-refractivity contribution in [1.29, 1.82) is 0 Å². The van der Waals surface area contributed by atoms with Crippen molar-refractivity contribution >= 4 is 16.9 Å². The van der Waals surface area contributed by atoms with E-state index in [0.29, 0.717) is 0 Å². The van der Waals surface area contributed by atoms with Crippen LogP contribution >= 0.6 is 0 Å². The smallest absolute Gasteiger partial charge is 0.416 e. The summed E-state index contributed by atoms with van der Waals surface area (Å²) in [6.07, 6.45) is -4.55. The Bertz CT molecular complexity index is 1060. The summed E-state index contributed by atoms with van der Waals surface area (Å²) in [5.74, 6) is -2.25. The number of fused-ring (bicyclic) bond motifs is 1. The van der Waals surface area contributed by atoms with Crippen molar-refractivity contribution in [2.75, 3.05) is 7.11 Å². The quantitative estimate of drug-likeness (QED) is 0.645. The predicted octanol–water partition coefficient (Wildman–Crippen LogP) is 5.07. The first-order valence-corrected chi connectivity index (χ1v) is 7.72. The van der Waals surface area contributed by atoms with E-state index in [1.807, 2.05) is 0 Å². The van der Waals surface area contributed by atoms with Crippen LogP contribution in [0.1, 0.15) is 21.5 Å². The number of hydrogen-bond acceptors (Lipinski definition) is 3. The van der Waals surface area contributed by atoms with Gasteiger partial charge in [0.05, 0.1) is 29.4 Å². The van der Waals surface area contributed by atoms with Crippen LogP contribution in [-0.2, 0) is 6.18 Å². The van der Waals surface area contributed by atoms with E-state index in [4.69, 9.17) is 4.74 Å². The molecule has 1 aromatic heterocycles. The Morgan fingerprint density at radius 1 is 1.19 bits per heavy atom. The van der Waals surface area contributed by atoms with Gasteiger partial charge in [-0.2, -0.15) is 13.2 Å². The standard InChI is InChI=1S/C19H13F4NO3/c1-9-16(18(25)26)12-7-13(20)15(27-2)8-14(12)24-17(9)10-4-3-5-11(6-10)19(21,22)23/h3-8H,1-2H3,(H,25,26). The van der Waals surface area contributed by atoms with Gasteiger partial charge < -0.3 is 9.84 Å². The Balaban J connectivity index is 2.36. The molecule has 1 N–H and O–H groups in total. The predicted molar refractivity (Wildman–Crippen MR) is 90.4 cm³/mol. The highest BCUT2D eigenvalue weighted by atomic mass is 19.4. The second kappa shape index (κ2) is 6.53. The summed E-state index contributed by atoms with van der Waals surface area (Å²) in [5, 5.41) is 9.61. The number of benzene rings is 2. The third-order valence-electron chi connectivity index (χ3n) is 4.18. The Hall–Kier alpha value is -3.16. The fourth-order valence-electron chi connectivity index (χ4n) is 2.92. The molecule has 0 aliphatic heterocycles. The van der Waals surface area contributed by atoms with Gasteiger partial charge in [-0.3, -0.25) is 0 Å². The van der Waals surface area contributed by atoms with Gasteiger partial charge in [-0.25, -0.2) is 14.2 Å². The van der Waals surface area contributed by atoms with Crippen LogP contribution in [0.5, 0.6) is 5.75 Å². The monoisotopic (exact) mass is 379 g/mol. The lowest BCUT2D eigenvalue weighted by atomic mass is 9.96. The highest BCUT2D eigenvalue weighted by Gasteiger charge is 2.31.